The number of aryl methyl sites for hydroxylation is 1. The van der Waals surface area contributed by atoms with Crippen molar-refractivity contribution in [3.63, 3.8) is 0 Å². The summed E-state index contributed by atoms with van der Waals surface area (Å²) < 4.78 is 0. The average Bonchev–Trinajstić information content (AvgIpc) is 3.22. The maximum Gasteiger partial charge on any atom is 0.274 e. The Morgan fingerprint density at radius 1 is 1.30 bits per heavy atom. The van der Waals surface area contributed by atoms with Gasteiger partial charge in [0.1, 0.15) is 0 Å². The van der Waals surface area contributed by atoms with E-state index in [1.165, 1.54) is 38.8 Å². The van der Waals surface area contributed by atoms with Gasteiger partial charge in [-0.2, -0.15) is 0 Å². The van der Waals surface area contributed by atoms with Crippen LogP contribution in [0.4, 0.5) is 5.69 Å². The predicted molar refractivity (Wildman–Crippen MR) is 91.5 cm³/mol. The molecular formula is C18H27N3O2. The first kappa shape index (κ1) is 16.3. The molecule has 5 heteroatoms. The van der Waals surface area contributed by atoms with E-state index in [-0.39, 0.29) is 5.91 Å². The van der Waals surface area contributed by atoms with E-state index in [2.05, 4.69) is 22.6 Å². The van der Waals surface area contributed by atoms with Gasteiger partial charge in [-0.15, -0.1) is 0 Å². The molecule has 1 aliphatic carbocycles. The first-order chi connectivity index (χ1) is 11.2. The molecule has 2 fully saturated rings. The minimum Gasteiger partial charge on any atom is -0.384 e. The topological polar surface area (TPSA) is 53.6 Å². The fourth-order valence-corrected chi connectivity index (χ4v) is 2.88. The summed E-state index contributed by atoms with van der Waals surface area (Å²) >= 11 is 0. The second-order valence-corrected chi connectivity index (χ2v) is 6.69. The number of carbonyl (C=O) groups excluding carboxylic acids is 1. The predicted octanol–water partition coefficient (Wildman–Crippen LogP) is 2.57. The van der Waals surface area contributed by atoms with E-state index in [9.17, 15) is 4.79 Å². The molecule has 1 amide bonds. The number of rotatable bonds is 8. The first-order valence-corrected chi connectivity index (χ1v) is 8.71. The van der Waals surface area contributed by atoms with Gasteiger partial charge in [-0.25, -0.2) is 5.48 Å². The van der Waals surface area contributed by atoms with Gasteiger partial charge in [0.2, 0.25) is 0 Å². The minimum absolute atomic E-state index is 0.173. The van der Waals surface area contributed by atoms with Gasteiger partial charge in [0.15, 0.2) is 0 Å². The van der Waals surface area contributed by atoms with Crippen LogP contribution in [0.1, 0.15) is 41.6 Å². The van der Waals surface area contributed by atoms with E-state index in [0.29, 0.717) is 18.1 Å². The first-order valence-electron chi connectivity index (χ1n) is 8.71. The van der Waals surface area contributed by atoms with Crippen molar-refractivity contribution >= 4 is 11.6 Å². The number of nitrogens with one attached hydrogen (secondary N) is 2. The van der Waals surface area contributed by atoms with Gasteiger partial charge in [-0.1, -0.05) is 6.07 Å². The van der Waals surface area contributed by atoms with Crippen LogP contribution < -0.4 is 10.8 Å². The van der Waals surface area contributed by atoms with Crippen LogP contribution >= 0.6 is 0 Å². The zero-order chi connectivity index (χ0) is 16.1. The summed E-state index contributed by atoms with van der Waals surface area (Å²) in [4.78, 5) is 19.9. The van der Waals surface area contributed by atoms with Crippen LogP contribution in [0.2, 0.25) is 0 Å². The summed E-state index contributed by atoms with van der Waals surface area (Å²) in [6.07, 6.45) is 5.06. The van der Waals surface area contributed by atoms with E-state index >= 15 is 0 Å². The van der Waals surface area contributed by atoms with Gasteiger partial charge in [-0.05, 0) is 69.3 Å². The Hall–Kier alpha value is -1.59. The molecule has 23 heavy (non-hydrogen) atoms. The number of nitrogens with zero attached hydrogens (tertiary/aromatic N) is 1. The van der Waals surface area contributed by atoms with E-state index in [1.54, 1.807) is 0 Å². The highest BCUT2D eigenvalue weighted by molar-refractivity contribution is 5.94. The molecule has 0 bridgehead atoms. The molecule has 1 aliphatic heterocycles. The molecule has 0 spiro atoms. The highest BCUT2D eigenvalue weighted by Crippen LogP contribution is 2.28. The number of hydroxylamine groups is 1. The molecule has 2 N–H and O–H groups in total. The Balaban J connectivity index is 1.49. The third-order valence-electron chi connectivity index (χ3n) is 4.62. The van der Waals surface area contributed by atoms with Gasteiger partial charge in [0.25, 0.3) is 5.91 Å². The van der Waals surface area contributed by atoms with Crippen molar-refractivity contribution in [1.82, 2.24) is 10.4 Å². The lowest BCUT2D eigenvalue weighted by molar-refractivity contribution is 0.0270. The van der Waals surface area contributed by atoms with Crippen molar-refractivity contribution in [2.75, 3.05) is 38.1 Å². The van der Waals surface area contributed by atoms with Crippen molar-refractivity contribution < 1.29 is 9.63 Å². The number of likely N-dealkylation sites (tertiary alicyclic amines) is 1. The molecule has 3 rings (SSSR count). The van der Waals surface area contributed by atoms with E-state index < -0.39 is 0 Å². The van der Waals surface area contributed by atoms with Gasteiger partial charge in [-0.3, -0.25) is 9.63 Å². The van der Waals surface area contributed by atoms with Gasteiger partial charge >= 0.3 is 0 Å². The maximum atomic E-state index is 12.1. The molecule has 2 aliphatic rings. The molecule has 1 saturated carbocycles. The lowest BCUT2D eigenvalue weighted by Crippen LogP contribution is -2.26. The van der Waals surface area contributed by atoms with Crippen LogP contribution in [0, 0.1) is 12.8 Å². The summed E-state index contributed by atoms with van der Waals surface area (Å²) in [5.74, 6) is 0.462. The molecule has 0 unspecified atom stereocenters. The highest BCUT2D eigenvalue weighted by Gasteiger charge is 2.22. The van der Waals surface area contributed by atoms with Crippen LogP contribution in [0.5, 0.6) is 0 Å². The number of carbonyl (C=O) groups is 1. The Bertz CT molecular complexity index is 537. The number of benzene rings is 1. The summed E-state index contributed by atoms with van der Waals surface area (Å²) in [6.45, 7) is 7.06. The molecule has 1 saturated heterocycles. The molecule has 0 atom stereocenters. The highest BCUT2D eigenvalue weighted by atomic mass is 16.7. The molecule has 126 valence electrons. The second-order valence-electron chi connectivity index (χ2n) is 6.69. The lowest BCUT2D eigenvalue weighted by atomic mass is 10.1. The van der Waals surface area contributed by atoms with Gasteiger partial charge in [0.05, 0.1) is 6.61 Å². The summed E-state index contributed by atoms with van der Waals surface area (Å²) in [5.41, 5.74) is 5.36. The number of hydrogen-bond acceptors (Lipinski definition) is 4. The second kappa shape index (κ2) is 7.79. The average molecular weight is 317 g/mol. The number of anilines is 1. The maximum absolute atomic E-state index is 12.1. The van der Waals surface area contributed by atoms with Crippen molar-refractivity contribution in [3.8, 4) is 0 Å². The van der Waals surface area contributed by atoms with Gasteiger partial charge < -0.3 is 10.2 Å². The van der Waals surface area contributed by atoms with E-state index in [4.69, 9.17) is 4.84 Å². The normalized spacial score (nSPS) is 18.1. The van der Waals surface area contributed by atoms with Crippen LogP contribution in [0.15, 0.2) is 18.2 Å². The van der Waals surface area contributed by atoms with Crippen molar-refractivity contribution in [2.24, 2.45) is 5.92 Å². The quantitative estimate of drug-likeness (QED) is 0.724. The van der Waals surface area contributed by atoms with Crippen LogP contribution in [0.3, 0.4) is 0 Å². The smallest absolute Gasteiger partial charge is 0.274 e. The molecular weight excluding hydrogens is 290 g/mol. The minimum atomic E-state index is -0.173. The Morgan fingerprint density at radius 2 is 2.09 bits per heavy atom. The summed E-state index contributed by atoms with van der Waals surface area (Å²) in [6, 6.07) is 5.74. The third kappa shape index (κ3) is 4.94. The van der Waals surface area contributed by atoms with Crippen LogP contribution in [0.25, 0.3) is 0 Å². The third-order valence-corrected chi connectivity index (χ3v) is 4.62. The van der Waals surface area contributed by atoms with E-state index in [1.807, 2.05) is 18.2 Å². The summed E-state index contributed by atoms with van der Waals surface area (Å²) in [5, 5.41) is 3.46. The zero-order valence-corrected chi connectivity index (χ0v) is 13.9. The Labute approximate surface area is 138 Å². The largest absolute Gasteiger partial charge is 0.384 e. The van der Waals surface area contributed by atoms with Crippen molar-refractivity contribution in [2.45, 2.75) is 32.6 Å². The van der Waals surface area contributed by atoms with Crippen molar-refractivity contribution in [3.05, 3.63) is 29.3 Å². The molecule has 1 heterocycles. The van der Waals surface area contributed by atoms with Crippen molar-refractivity contribution in [1.29, 1.82) is 0 Å². The molecule has 5 nitrogen and oxygen atoms in total. The van der Waals surface area contributed by atoms with E-state index in [0.717, 1.165) is 24.3 Å². The molecule has 0 radical (unpaired) electrons. The molecule has 0 aromatic heterocycles. The lowest BCUT2D eigenvalue weighted by Gasteiger charge is -2.17. The van der Waals surface area contributed by atoms with Gasteiger partial charge in [0, 0.05) is 24.3 Å². The van der Waals surface area contributed by atoms with Crippen LogP contribution in [-0.4, -0.2) is 43.6 Å². The van der Waals surface area contributed by atoms with Crippen LogP contribution in [-0.2, 0) is 4.84 Å². The fraction of sp³-hybridized carbons (Fsp3) is 0.611. The summed E-state index contributed by atoms with van der Waals surface area (Å²) in [7, 11) is 0. The number of hydrogen-bond donors (Lipinski definition) is 2. The SMILES string of the molecule is Cc1ccc(C(=O)NOCC2CC2)cc1NCCN1CCCC1. The zero-order valence-electron chi connectivity index (χ0n) is 13.9. The molecule has 1 aromatic carbocycles. The monoisotopic (exact) mass is 317 g/mol. The Morgan fingerprint density at radius 3 is 2.83 bits per heavy atom. The molecule has 1 aromatic rings. The Kier molecular flexibility index (Phi) is 5.51. The standard InChI is InChI=1S/C18H27N3O2/c1-14-4-7-16(18(22)20-23-13-15-5-6-15)12-17(14)19-8-11-21-9-2-3-10-21/h4,7,12,15,19H,2-3,5-6,8-11,13H2,1H3,(H,20,22). The number of amides is 1. The fourth-order valence-electron chi connectivity index (χ4n) is 2.88.